The highest BCUT2D eigenvalue weighted by Crippen LogP contribution is 2.14. The molecule has 84 valence electrons. The third-order valence-electron chi connectivity index (χ3n) is 2.20. The van der Waals surface area contributed by atoms with Gasteiger partial charge in [-0.3, -0.25) is 4.79 Å². The minimum atomic E-state index is -0.341. The van der Waals surface area contributed by atoms with Gasteiger partial charge in [0.1, 0.15) is 0 Å². The van der Waals surface area contributed by atoms with Crippen LogP contribution < -0.4 is 5.73 Å². The molecule has 15 heavy (non-hydrogen) atoms. The Morgan fingerprint density at radius 2 is 2.47 bits per heavy atom. The van der Waals surface area contributed by atoms with Gasteiger partial charge in [0.2, 0.25) is 0 Å². The molecule has 0 aliphatic heterocycles. The highest BCUT2D eigenvalue weighted by molar-refractivity contribution is 5.70. The van der Waals surface area contributed by atoms with E-state index in [0.717, 1.165) is 18.7 Å². The fourth-order valence-corrected chi connectivity index (χ4v) is 1.43. The molecule has 2 N–H and O–H groups in total. The lowest BCUT2D eigenvalue weighted by Crippen LogP contribution is -2.19. The highest BCUT2D eigenvalue weighted by Gasteiger charge is 2.15. The summed E-state index contributed by atoms with van der Waals surface area (Å²) in [7, 11) is 1.36. The topological polar surface area (TPSA) is 70.1 Å². The van der Waals surface area contributed by atoms with E-state index in [-0.39, 0.29) is 18.4 Å². The number of rotatable bonds is 5. The maximum atomic E-state index is 11.1. The van der Waals surface area contributed by atoms with Crippen molar-refractivity contribution in [1.29, 1.82) is 0 Å². The lowest BCUT2D eigenvalue weighted by Gasteiger charge is -2.12. The van der Waals surface area contributed by atoms with E-state index in [2.05, 4.69) is 16.6 Å². The maximum Gasteiger partial charge on any atom is 0.307 e. The summed E-state index contributed by atoms with van der Waals surface area (Å²) in [4.78, 5) is 15.1. The molecule has 1 aromatic rings. The molecule has 1 aromatic heterocycles. The zero-order chi connectivity index (χ0) is 11.3. The smallest absolute Gasteiger partial charge is 0.307 e. The van der Waals surface area contributed by atoms with Crippen molar-refractivity contribution < 1.29 is 9.53 Å². The minimum Gasteiger partial charge on any atom is -0.469 e. The van der Waals surface area contributed by atoms with Crippen LogP contribution in [0.2, 0.25) is 0 Å². The molecule has 5 nitrogen and oxygen atoms in total. The van der Waals surface area contributed by atoms with Crippen LogP contribution in [0.4, 0.5) is 0 Å². The third kappa shape index (κ3) is 3.06. The van der Waals surface area contributed by atoms with Crippen molar-refractivity contribution in [1.82, 2.24) is 9.55 Å². The van der Waals surface area contributed by atoms with Gasteiger partial charge in [0.15, 0.2) is 0 Å². The number of hydrogen-bond acceptors (Lipinski definition) is 4. The number of carbonyl (C=O) groups excluding carboxylic acids is 1. The number of nitrogens with zero attached hydrogens (tertiary/aromatic N) is 2. The van der Waals surface area contributed by atoms with Gasteiger partial charge in [-0.2, -0.15) is 0 Å². The van der Waals surface area contributed by atoms with Gasteiger partial charge in [-0.05, 0) is 6.42 Å². The first-order valence-corrected chi connectivity index (χ1v) is 5.01. The van der Waals surface area contributed by atoms with E-state index in [9.17, 15) is 4.79 Å². The quantitative estimate of drug-likeness (QED) is 0.733. The van der Waals surface area contributed by atoms with E-state index in [0.29, 0.717) is 0 Å². The normalized spacial score (nSPS) is 12.5. The van der Waals surface area contributed by atoms with Crippen LogP contribution in [-0.4, -0.2) is 22.6 Å². The predicted molar refractivity (Wildman–Crippen MR) is 56.1 cm³/mol. The fourth-order valence-electron chi connectivity index (χ4n) is 1.43. The molecule has 0 spiro atoms. The molecular formula is C10H17N3O2. The molecule has 1 unspecified atom stereocenters. The van der Waals surface area contributed by atoms with Crippen molar-refractivity contribution in [3.8, 4) is 0 Å². The molecule has 0 aliphatic carbocycles. The van der Waals surface area contributed by atoms with Crippen LogP contribution in [0, 0.1) is 0 Å². The summed E-state index contributed by atoms with van der Waals surface area (Å²) in [6, 6.07) is -0.341. The second-order valence-electron chi connectivity index (χ2n) is 3.40. The largest absolute Gasteiger partial charge is 0.469 e. The second kappa shape index (κ2) is 5.50. The van der Waals surface area contributed by atoms with Gasteiger partial charge in [-0.15, -0.1) is 0 Å². The molecule has 0 radical (unpaired) electrons. The van der Waals surface area contributed by atoms with Crippen molar-refractivity contribution in [3.63, 3.8) is 0 Å². The lowest BCUT2D eigenvalue weighted by atomic mass is 10.1. The van der Waals surface area contributed by atoms with E-state index in [4.69, 9.17) is 5.73 Å². The standard InChI is InChI=1S/C10H17N3O2/c1-3-4-13-7-12-6-9(13)8(11)5-10(14)15-2/h6-8H,3-5,11H2,1-2H3. The van der Waals surface area contributed by atoms with Gasteiger partial charge < -0.3 is 15.0 Å². The number of aryl methyl sites for hydroxylation is 1. The van der Waals surface area contributed by atoms with Crippen molar-refractivity contribution in [2.24, 2.45) is 5.73 Å². The van der Waals surface area contributed by atoms with Crippen molar-refractivity contribution in [2.75, 3.05) is 7.11 Å². The summed E-state index contributed by atoms with van der Waals surface area (Å²) in [6.07, 6.45) is 4.62. The Morgan fingerprint density at radius 1 is 1.73 bits per heavy atom. The van der Waals surface area contributed by atoms with Crippen molar-refractivity contribution in [2.45, 2.75) is 32.4 Å². The number of carbonyl (C=O) groups is 1. The molecule has 1 atom stereocenters. The average molecular weight is 211 g/mol. The molecule has 0 saturated carbocycles. The van der Waals surface area contributed by atoms with Gasteiger partial charge in [0.25, 0.3) is 0 Å². The number of imidazole rings is 1. The molecule has 0 aliphatic rings. The van der Waals surface area contributed by atoms with E-state index in [1.807, 2.05) is 4.57 Å². The third-order valence-corrected chi connectivity index (χ3v) is 2.20. The van der Waals surface area contributed by atoms with Gasteiger partial charge in [-0.1, -0.05) is 6.92 Å². The SMILES string of the molecule is CCCn1cncc1C(N)CC(=O)OC. The minimum absolute atomic E-state index is 0.186. The number of aromatic nitrogens is 2. The predicted octanol–water partition coefficient (Wildman–Crippen LogP) is 0.856. The highest BCUT2D eigenvalue weighted by atomic mass is 16.5. The van der Waals surface area contributed by atoms with Crippen LogP contribution >= 0.6 is 0 Å². The van der Waals surface area contributed by atoms with Gasteiger partial charge in [-0.25, -0.2) is 4.98 Å². The summed E-state index contributed by atoms with van der Waals surface area (Å²) in [5.74, 6) is -0.299. The Morgan fingerprint density at radius 3 is 3.07 bits per heavy atom. The van der Waals surface area contributed by atoms with Gasteiger partial charge in [0.05, 0.1) is 31.6 Å². The maximum absolute atomic E-state index is 11.1. The molecule has 0 amide bonds. The fraction of sp³-hybridized carbons (Fsp3) is 0.600. The van der Waals surface area contributed by atoms with Crippen molar-refractivity contribution >= 4 is 5.97 Å². The molecule has 0 fully saturated rings. The zero-order valence-electron chi connectivity index (χ0n) is 9.14. The van der Waals surface area contributed by atoms with Crippen molar-refractivity contribution in [3.05, 3.63) is 18.2 Å². The zero-order valence-corrected chi connectivity index (χ0v) is 9.14. The molecule has 0 aromatic carbocycles. The molecule has 1 rings (SSSR count). The Balaban J connectivity index is 2.68. The summed E-state index contributed by atoms with van der Waals surface area (Å²) in [6.45, 7) is 2.94. The monoisotopic (exact) mass is 211 g/mol. The first-order chi connectivity index (χ1) is 7.19. The Bertz CT molecular complexity index is 322. The van der Waals surface area contributed by atoms with E-state index in [1.165, 1.54) is 7.11 Å². The summed E-state index contributed by atoms with van der Waals surface area (Å²) in [5, 5.41) is 0. The Hall–Kier alpha value is -1.36. The Labute approximate surface area is 89.2 Å². The number of ether oxygens (including phenoxy) is 1. The number of nitrogens with two attached hydrogens (primary N) is 1. The van der Waals surface area contributed by atoms with Crippen LogP contribution in [-0.2, 0) is 16.1 Å². The van der Waals surface area contributed by atoms with Crippen LogP contribution in [0.25, 0.3) is 0 Å². The lowest BCUT2D eigenvalue weighted by molar-refractivity contribution is -0.141. The van der Waals surface area contributed by atoms with Crippen LogP contribution in [0.5, 0.6) is 0 Å². The molecule has 1 heterocycles. The van der Waals surface area contributed by atoms with Crippen LogP contribution in [0.3, 0.4) is 0 Å². The van der Waals surface area contributed by atoms with E-state index >= 15 is 0 Å². The summed E-state index contributed by atoms with van der Waals surface area (Å²) < 4.78 is 6.54. The molecule has 5 heteroatoms. The number of esters is 1. The second-order valence-corrected chi connectivity index (χ2v) is 3.40. The van der Waals surface area contributed by atoms with Crippen LogP contribution in [0.1, 0.15) is 31.5 Å². The molecular weight excluding hydrogens is 194 g/mol. The molecule has 0 saturated heterocycles. The average Bonchev–Trinajstić information content (AvgIpc) is 2.66. The van der Waals surface area contributed by atoms with E-state index < -0.39 is 0 Å². The first-order valence-electron chi connectivity index (χ1n) is 5.01. The van der Waals surface area contributed by atoms with Crippen LogP contribution in [0.15, 0.2) is 12.5 Å². The Kier molecular flexibility index (Phi) is 4.30. The van der Waals surface area contributed by atoms with Gasteiger partial charge >= 0.3 is 5.97 Å². The van der Waals surface area contributed by atoms with E-state index in [1.54, 1.807) is 12.5 Å². The van der Waals surface area contributed by atoms with Gasteiger partial charge in [0, 0.05) is 12.7 Å². The molecule has 0 bridgehead atoms. The summed E-state index contributed by atoms with van der Waals surface area (Å²) >= 11 is 0. The number of methoxy groups -OCH3 is 1. The first kappa shape index (κ1) is 11.7. The number of hydrogen-bond donors (Lipinski definition) is 1. The summed E-state index contributed by atoms with van der Waals surface area (Å²) in [5.41, 5.74) is 6.76.